The second-order valence-electron chi connectivity index (χ2n) is 5.45. The van der Waals surface area contributed by atoms with Crippen LogP contribution in [0.1, 0.15) is 37.3 Å². The number of hydrogen-bond acceptors (Lipinski definition) is 3. The fourth-order valence-electron chi connectivity index (χ4n) is 2.86. The van der Waals surface area contributed by atoms with Crippen LogP contribution >= 0.6 is 0 Å². The summed E-state index contributed by atoms with van der Waals surface area (Å²) >= 11 is 0. The molecule has 0 radical (unpaired) electrons. The Morgan fingerprint density at radius 1 is 1.50 bits per heavy atom. The predicted molar refractivity (Wildman–Crippen MR) is 79.8 cm³/mol. The van der Waals surface area contributed by atoms with Crippen molar-refractivity contribution in [2.45, 2.75) is 45.2 Å². The van der Waals surface area contributed by atoms with Gasteiger partial charge in [0, 0.05) is 6.54 Å². The summed E-state index contributed by atoms with van der Waals surface area (Å²) < 4.78 is 5.24. The van der Waals surface area contributed by atoms with Crippen molar-refractivity contribution in [2.24, 2.45) is 0 Å². The molecule has 2 N–H and O–H groups in total. The molecular formula is C16H24N2O2. The van der Waals surface area contributed by atoms with Gasteiger partial charge in [0.05, 0.1) is 12.6 Å². The quantitative estimate of drug-likeness (QED) is 0.866. The molecule has 1 atom stereocenters. The molecule has 1 heterocycles. The van der Waals surface area contributed by atoms with E-state index in [9.17, 15) is 4.79 Å². The Morgan fingerprint density at radius 3 is 2.85 bits per heavy atom. The van der Waals surface area contributed by atoms with Gasteiger partial charge in [0.2, 0.25) is 5.91 Å². The highest BCUT2D eigenvalue weighted by Gasteiger charge is 2.38. The van der Waals surface area contributed by atoms with Crippen LogP contribution in [0.15, 0.2) is 18.2 Å². The van der Waals surface area contributed by atoms with Crippen LogP contribution in [0.5, 0.6) is 5.75 Å². The number of methoxy groups -OCH3 is 1. The second kappa shape index (κ2) is 6.27. The van der Waals surface area contributed by atoms with Crippen molar-refractivity contribution in [3.8, 4) is 5.75 Å². The van der Waals surface area contributed by atoms with Crippen LogP contribution in [0.2, 0.25) is 0 Å². The zero-order valence-corrected chi connectivity index (χ0v) is 12.6. The van der Waals surface area contributed by atoms with Crippen molar-refractivity contribution >= 4 is 5.91 Å². The van der Waals surface area contributed by atoms with Gasteiger partial charge in [0.25, 0.3) is 0 Å². The van der Waals surface area contributed by atoms with E-state index in [1.54, 1.807) is 7.11 Å². The van der Waals surface area contributed by atoms with Crippen molar-refractivity contribution < 1.29 is 9.53 Å². The topological polar surface area (TPSA) is 50.4 Å². The van der Waals surface area contributed by atoms with E-state index in [0.29, 0.717) is 6.54 Å². The SMILES string of the molecule is CCC1(C(=O)NCc2ccc(OC)c(C)c2)CCCN1. The molecule has 110 valence electrons. The molecule has 0 saturated carbocycles. The van der Waals surface area contributed by atoms with Crippen molar-refractivity contribution in [1.29, 1.82) is 0 Å². The number of aryl methyl sites for hydroxylation is 1. The molecule has 2 rings (SSSR count). The van der Waals surface area contributed by atoms with E-state index in [-0.39, 0.29) is 11.4 Å². The van der Waals surface area contributed by atoms with Crippen LogP contribution in [0.4, 0.5) is 0 Å². The van der Waals surface area contributed by atoms with Crippen molar-refractivity contribution in [1.82, 2.24) is 10.6 Å². The lowest BCUT2D eigenvalue weighted by Gasteiger charge is -2.26. The lowest BCUT2D eigenvalue weighted by Crippen LogP contribution is -2.52. The summed E-state index contributed by atoms with van der Waals surface area (Å²) in [5, 5.41) is 6.41. The molecule has 1 unspecified atom stereocenters. The molecule has 0 spiro atoms. The molecule has 0 aromatic heterocycles. The van der Waals surface area contributed by atoms with E-state index < -0.39 is 0 Å². The first-order chi connectivity index (χ1) is 9.61. The molecule has 1 saturated heterocycles. The van der Waals surface area contributed by atoms with Crippen molar-refractivity contribution in [3.05, 3.63) is 29.3 Å². The third-order valence-corrected chi connectivity index (χ3v) is 4.19. The van der Waals surface area contributed by atoms with E-state index >= 15 is 0 Å². The second-order valence-corrected chi connectivity index (χ2v) is 5.45. The smallest absolute Gasteiger partial charge is 0.240 e. The number of carbonyl (C=O) groups excluding carboxylic acids is 1. The Balaban J connectivity index is 1.98. The average molecular weight is 276 g/mol. The minimum Gasteiger partial charge on any atom is -0.496 e. The summed E-state index contributed by atoms with van der Waals surface area (Å²) in [6.45, 7) is 5.57. The van der Waals surface area contributed by atoms with Crippen LogP contribution < -0.4 is 15.4 Å². The molecule has 1 aliphatic rings. The lowest BCUT2D eigenvalue weighted by molar-refractivity contribution is -0.127. The van der Waals surface area contributed by atoms with Gasteiger partial charge in [-0.1, -0.05) is 19.1 Å². The van der Waals surface area contributed by atoms with E-state index in [0.717, 1.165) is 42.7 Å². The zero-order valence-electron chi connectivity index (χ0n) is 12.6. The summed E-state index contributed by atoms with van der Waals surface area (Å²) in [7, 11) is 1.67. The van der Waals surface area contributed by atoms with Gasteiger partial charge in [-0.15, -0.1) is 0 Å². The molecule has 1 aliphatic heterocycles. The lowest BCUT2D eigenvalue weighted by atomic mass is 9.93. The molecule has 20 heavy (non-hydrogen) atoms. The Morgan fingerprint density at radius 2 is 2.30 bits per heavy atom. The highest BCUT2D eigenvalue weighted by atomic mass is 16.5. The van der Waals surface area contributed by atoms with Gasteiger partial charge in [-0.05, 0) is 49.9 Å². The number of benzene rings is 1. The standard InChI is InChI=1S/C16H24N2O2/c1-4-16(8-5-9-18-16)15(19)17-11-13-6-7-14(20-3)12(2)10-13/h6-7,10,18H,4-5,8-9,11H2,1-3H3,(H,17,19). The van der Waals surface area contributed by atoms with Crippen LogP contribution in [-0.2, 0) is 11.3 Å². The van der Waals surface area contributed by atoms with Crippen molar-refractivity contribution in [3.63, 3.8) is 0 Å². The van der Waals surface area contributed by atoms with Gasteiger partial charge in [-0.2, -0.15) is 0 Å². The Hall–Kier alpha value is -1.55. The molecule has 1 aromatic rings. The normalized spacial score (nSPS) is 21.8. The Bertz CT molecular complexity index is 479. The fraction of sp³-hybridized carbons (Fsp3) is 0.562. The van der Waals surface area contributed by atoms with Crippen LogP contribution in [0.3, 0.4) is 0 Å². The van der Waals surface area contributed by atoms with E-state index in [1.165, 1.54) is 0 Å². The van der Waals surface area contributed by atoms with Gasteiger partial charge in [0.15, 0.2) is 0 Å². The monoisotopic (exact) mass is 276 g/mol. The number of ether oxygens (including phenoxy) is 1. The maximum Gasteiger partial charge on any atom is 0.240 e. The molecule has 1 amide bonds. The van der Waals surface area contributed by atoms with Crippen molar-refractivity contribution in [2.75, 3.05) is 13.7 Å². The molecule has 1 fully saturated rings. The number of nitrogens with one attached hydrogen (secondary N) is 2. The highest BCUT2D eigenvalue weighted by Crippen LogP contribution is 2.23. The Labute approximate surface area is 120 Å². The summed E-state index contributed by atoms with van der Waals surface area (Å²) in [5.74, 6) is 0.994. The van der Waals surface area contributed by atoms with E-state index in [2.05, 4.69) is 23.6 Å². The third-order valence-electron chi connectivity index (χ3n) is 4.19. The zero-order chi connectivity index (χ0) is 14.6. The summed E-state index contributed by atoms with van der Waals surface area (Å²) in [6.07, 6.45) is 2.83. The molecule has 0 bridgehead atoms. The van der Waals surface area contributed by atoms with Crippen LogP contribution in [-0.4, -0.2) is 25.1 Å². The summed E-state index contributed by atoms with van der Waals surface area (Å²) in [6, 6.07) is 5.99. The number of hydrogen-bond donors (Lipinski definition) is 2. The average Bonchev–Trinajstić information content (AvgIpc) is 2.95. The van der Waals surface area contributed by atoms with Gasteiger partial charge < -0.3 is 15.4 Å². The van der Waals surface area contributed by atoms with Crippen LogP contribution in [0, 0.1) is 6.92 Å². The van der Waals surface area contributed by atoms with Gasteiger partial charge in [-0.3, -0.25) is 4.79 Å². The maximum absolute atomic E-state index is 12.4. The first-order valence-electron chi connectivity index (χ1n) is 7.28. The highest BCUT2D eigenvalue weighted by molar-refractivity contribution is 5.86. The largest absolute Gasteiger partial charge is 0.496 e. The van der Waals surface area contributed by atoms with E-state index in [4.69, 9.17) is 4.74 Å². The minimum absolute atomic E-state index is 0.117. The van der Waals surface area contributed by atoms with Gasteiger partial charge in [0.1, 0.15) is 5.75 Å². The Kier molecular flexibility index (Phi) is 4.65. The molecule has 4 nitrogen and oxygen atoms in total. The first-order valence-corrected chi connectivity index (χ1v) is 7.28. The van der Waals surface area contributed by atoms with Gasteiger partial charge >= 0.3 is 0 Å². The molecule has 0 aliphatic carbocycles. The number of amides is 1. The number of carbonyl (C=O) groups is 1. The maximum atomic E-state index is 12.4. The minimum atomic E-state index is -0.360. The fourth-order valence-corrected chi connectivity index (χ4v) is 2.86. The number of rotatable bonds is 5. The van der Waals surface area contributed by atoms with E-state index in [1.807, 2.05) is 19.1 Å². The molecule has 1 aromatic carbocycles. The molecular weight excluding hydrogens is 252 g/mol. The van der Waals surface area contributed by atoms with Crippen LogP contribution in [0.25, 0.3) is 0 Å². The molecule has 4 heteroatoms. The predicted octanol–water partition coefficient (Wildman–Crippen LogP) is 2.15. The first kappa shape index (κ1) is 14.9. The summed E-state index contributed by atoms with van der Waals surface area (Å²) in [4.78, 5) is 12.4. The van der Waals surface area contributed by atoms with Gasteiger partial charge in [-0.25, -0.2) is 0 Å². The third kappa shape index (κ3) is 2.96. The summed E-state index contributed by atoms with van der Waals surface area (Å²) in [5.41, 5.74) is 1.82.